The van der Waals surface area contributed by atoms with Gasteiger partial charge in [0.1, 0.15) is 11.9 Å². The van der Waals surface area contributed by atoms with E-state index in [0.717, 1.165) is 24.4 Å². The van der Waals surface area contributed by atoms with E-state index >= 15 is 0 Å². The summed E-state index contributed by atoms with van der Waals surface area (Å²) in [5.41, 5.74) is 0.926. The topological polar surface area (TPSA) is 66.3 Å². The Morgan fingerprint density at radius 2 is 2.25 bits per heavy atom. The van der Waals surface area contributed by atoms with Crippen LogP contribution in [0.25, 0.3) is 0 Å². The first-order valence-corrected chi connectivity index (χ1v) is 7.42. The molecule has 2 fully saturated rings. The molecule has 1 aromatic heterocycles. The number of carboxylic acid groups (broad SMARTS) is 1. The second-order valence-corrected chi connectivity index (χ2v) is 5.97. The highest BCUT2D eigenvalue weighted by Gasteiger charge is 2.45. The van der Waals surface area contributed by atoms with Crippen LogP contribution in [-0.4, -0.2) is 38.0 Å². The molecule has 108 valence electrons. The van der Waals surface area contributed by atoms with Gasteiger partial charge in [0, 0.05) is 18.8 Å². The Kier molecular flexibility index (Phi) is 3.70. The summed E-state index contributed by atoms with van der Waals surface area (Å²) in [6.45, 7) is 2.49. The predicted octanol–water partition coefficient (Wildman–Crippen LogP) is 2.00. The van der Waals surface area contributed by atoms with Gasteiger partial charge in [-0.1, -0.05) is 12.8 Å². The summed E-state index contributed by atoms with van der Waals surface area (Å²) in [6.07, 6.45) is 7.30. The number of rotatable bonds is 3. The molecule has 2 heterocycles. The van der Waals surface area contributed by atoms with Crippen molar-refractivity contribution in [1.82, 2.24) is 14.9 Å². The molecule has 0 amide bonds. The third-order valence-corrected chi connectivity index (χ3v) is 4.68. The summed E-state index contributed by atoms with van der Waals surface area (Å²) in [6, 6.07) is 1.96. The molecule has 2 aliphatic rings. The lowest BCUT2D eigenvalue weighted by molar-refractivity contribution is -0.142. The zero-order chi connectivity index (χ0) is 14.1. The monoisotopic (exact) mass is 275 g/mol. The summed E-state index contributed by atoms with van der Waals surface area (Å²) >= 11 is 0. The van der Waals surface area contributed by atoms with Gasteiger partial charge in [-0.25, -0.2) is 9.97 Å². The highest BCUT2D eigenvalue weighted by Crippen LogP contribution is 2.40. The molecule has 0 bridgehead atoms. The van der Waals surface area contributed by atoms with E-state index in [0.29, 0.717) is 18.5 Å². The molecule has 5 heteroatoms. The average Bonchev–Trinajstić information content (AvgIpc) is 2.78. The minimum atomic E-state index is -0.690. The Morgan fingerprint density at radius 1 is 1.45 bits per heavy atom. The molecule has 5 nitrogen and oxygen atoms in total. The SMILES string of the molecule is Cc1nccc(CN2C(C(=O)O)CC3CCCCC32)n1. The number of fused-ring (bicyclic) bond motifs is 1. The Morgan fingerprint density at radius 3 is 3.00 bits per heavy atom. The smallest absolute Gasteiger partial charge is 0.320 e. The van der Waals surface area contributed by atoms with Crippen molar-refractivity contribution >= 4 is 5.97 Å². The first kappa shape index (κ1) is 13.5. The minimum absolute atomic E-state index is 0.349. The van der Waals surface area contributed by atoms with Crippen LogP contribution in [0.5, 0.6) is 0 Å². The van der Waals surface area contributed by atoms with Gasteiger partial charge < -0.3 is 5.11 Å². The molecule has 0 radical (unpaired) electrons. The Bertz CT molecular complexity index is 506. The van der Waals surface area contributed by atoms with Crippen LogP contribution in [0.15, 0.2) is 12.3 Å². The number of hydrogen-bond acceptors (Lipinski definition) is 4. The second-order valence-electron chi connectivity index (χ2n) is 5.97. The number of carboxylic acids is 1. The van der Waals surface area contributed by atoms with E-state index in [4.69, 9.17) is 0 Å². The van der Waals surface area contributed by atoms with Gasteiger partial charge in [0.25, 0.3) is 0 Å². The first-order chi connectivity index (χ1) is 9.65. The van der Waals surface area contributed by atoms with Crippen LogP contribution in [-0.2, 0) is 11.3 Å². The second kappa shape index (κ2) is 5.48. The number of likely N-dealkylation sites (tertiary alicyclic amines) is 1. The van der Waals surface area contributed by atoms with Gasteiger partial charge in [-0.15, -0.1) is 0 Å². The predicted molar refractivity (Wildman–Crippen MR) is 74.1 cm³/mol. The van der Waals surface area contributed by atoms with Crippen LogP contribution in [0.3, 0.4) is 0 Å². The number of aromatic nitrogens is 2. The van der Waals surface area contributed by atoms with Crippen molar-refractivity contribution in [3.63, 3.8) is 0 Å². The molecule has 20 heavy (non-hydrogen) atoms. The largest absolute Gasteiger partial charge is 0.480 e. The van der Waals surface area contributed by atoms with Crippen molar-refractivity contribution in [3.05, 3.63) is 23.8 Å². The lowest BCUT2D eigenvalue weighted by Gasteiger charge is -2.32. The molecule has 3 rings (SSSR count). The van der Waals surface area contributed by atoms with Crippen LogP contribution >= 0.6 is 0 Å². The van der Waals surface area contributed by atoms with Gasteiger partial charge in [-0.2, -0.15) is 0 Å². The fourth-order valence-corrected chi connectivity index (χ4v) is 3.80. The number of aliphatic carboxylic acids is 1. The van der Waals surface area contributed by atoms with Crippen molar-refractivity contribution in [2.24, 2.45) is 5.92 Å². The molecule has 0 spiro atoms. The van der Waals surface area contributed by atoms with Gasteiger partial charge in [0.05, 0.1) is 5.69 Å². The van der Waals surface area contributed by atoms with Crippen LogP contribution in [0, 0.1) is 12.8 Å². The van der Waals surface area contributed by atoms with Gasteiger partial charge in [-0.3, -0.25) is 9.69 Å². The van der Waals surface area contributed by atoms with E-state index in [2.05, 4.69) is 14.9 Å². The minimum Gasteiger partial charge on any atom is -0.480 e. The normalized spacial score (nSPS) is 30.1. The molecule has 1 aromatic rings. The van der Waals surface area contributed by atoms with Crippen LogP contribution in [0.4, 0.5) is 0 Å². The fraction of sp³-hybridized carbons (Fsp3) is 0.667. The summed E-state index contributed by atoms with van der Waals surface area (Å²) in [4.78, 5) is 22.2. The molecule has 1 N–H and O–H groups in total. The highest BCUT2D eigenvalue weighted by atomic mass is 16.4. The summed E-state index contributed by atoms with van der Waals surface area (Å²) < 4.78 is 0. The number of aryl methyl sites for hydroxylation is 1. The summed E-state index contributed by atoms with van der Waals surface area (Å²) in [5.74, 6) is 0.603. The zero-order valence-electron chi connectivity index (χ0n) is 11.8. The first-order valence-electron chi connectivity index (χ1n) is 7.42. The van der Waals surface area contributed by atoms with Crippen molar-refractivity contribution in [2.75, 3.05) is 0 Å². The molecule has 1 aliphatic heterocycles. The van der Waals surface area contributed by atoms with Crippen LogP contribution in [0.1, 0.15) is 43.6 Å². The standard InChI is InChI=1S/C15H21N3O2/c1-10-16-7-6-12(17-10)9-18-13-5-3-2-4-11(13)8-14(18)15(19)20/h6-7,11,13-14H,2-5,8-9H2,1H3,(H,19,20). The lowest BCUT2D eigenvalue weighted by Crippen LogP contribution is -2.41. The summed E-state index contributed by atoms with van der Waals surface area (Å²) in [7, 11) is 0. The number of hydrogen-bond donors (Lipinski definition) is 1. The highest BCUT2D eigenvalue weighted by molar-refractivity contribution is 5.74. The molecule has 3 atom stereocenters. The van der Waals surface area contributed by atoms with Gasteiger partial charge in [-0.05, 0) is 38.2 Å². The molecule has 1 saturated heterocycles. The molecular weight excluding hydrogens is 254 g/mol. The Balaban J connectivity index is 1.82. The quantitative estimate of drug-likeness (QED) is 0.914. The molecule has 0 aromatic carbocycles. The van der Waals surface area contributed by atoms with E-state index in [1.54, 1.807) is 6.20 Å². The molecule has 3 unspecified atom stereocenters. The van der Waals surface area contributed by atoms with E-state index in [9.17, 15) is 9.90 Å². The van der Waals surface area contributed by atoms with Crippen molar-refractivity contribution in [3.8, 4) is 0 Å². The third kappa shape index (κ3) is 2.54. The maximum Gasteiger partial charge on any atom is 0.320 e. The molecule has 1 aliphatic carbocycles. The number of nitrogens with zero attached hydrogens (tertiary/aromatic N) is 3. The number of carbonyl (C=O) groups is 1. The molecular formula is C15H21N3O2. The molecule has 1 saturated carbocycles. The van der Waals surface area contributed by atoms with Gasteiger partial charge in [0.2, 0.25) is 0 Å². The van der Waals surface area contributed by atoms with E-state index in [1.807, 2.05) is 13.0 Å². The van der Waals surface area contributed by atoms with Crippen LogP contribution in [0.2, 0.25) is 0 Å². The maximum atomic E-state index is 11.5. The Labute approximate surface area is 119 Å². The van der Waals surface area contributed by atoms with Gasteiger partial charge in [0.15, 0.2) is 0 Å². The fourth-order valence-electron chi connectivity index (χ4n) is 3.80. The van der Waals surface area contributed by atoms with Crippen molar-refractivity contribution < 1.29 is 9.90 Å². The van der Waals surface area contributed by atoms with Gasteiger partial charge >= 0.3 is 5.97 Å². The van der Waals surface area contributed by atoms with E-state index < -0.39 is 5.97 Å². The zero-order valence-corrected chi connectivity index (χ0v) is 11.8. The summed E-state index contributed by atoms with van der Waals surface area (Å²) in [5, 5.41) is 9.49. The van der Waals surface area contributed by atoms with Crippen LogP contribution < -0.4 is 0 Å². The lowest BCUT2D eigenvalue weighted by atomic mass is 9.85. The maximum absolute atomic E-state index is 11.5. The van der Waals surface area contributed by atoms with Crippen molar-refractivity contribution in [2.45, 2.75) is 57.7 Å². The average molecular weight is 275 g/mol. The Hall–Kier alpha value is -1.49. The van der Waals surface area contributed by atoms with E-state index in [-0.39, 0.29) is 6.04 Å². The van der Waals surface area contributed by atoms with E-state index in [1.165, 1.54) is 19.3 Å². The van der Waals surface area contributed by atoms with Crippen molar-refractivity contribution in [1.29, 1.82) is 0 Å². The third-order valence-electron chi connectivity index (χ3n) is 4.68.